The number of carbonyl (C=O) groups is 2. The number of halogens is 2. The fourth-order valence-corrected chi connectivity index (χ4v) is 4.46. The Balaban J connectivity index is 1.40. The van der Waals surface area contributed by atoms with Gasteiger partial charge in [-0.2, -0.15) is 0 Å². The van der Waals surface area contributed by atoms with Crippen molar-refractivity contribution in [3.8, 4) is 22.5 Å². The molecule has 9 nitrogen and oxygen atoms in total. The van der Waals surface area contributed by atoms with Crippen LogP contribution in [0.1, 0.15) is 6.92 Å². The molecule has 0 aliphatic carbocycles. The molecule has 0 aromatic carbocycles. The number of anilines is 1. The average molecular weight is 508 g/mol. The van der Waals surface area contributed by atoms with E-state index in [2.05, 4.69) is 25.3 Å². The van der Waals surface area contributed by atoms with Gasteiger partial charge in [0.15, 0.2) is 0 Å². The molecule has 2 amide bonds. The van der Waals surface area contributed by atoms with Gasteiger partial charge < -0.3 is 15.2 Å². The van der Waals surface area contributed by atoms with Gasteiger partial charge >= 0.3 is 0 Å². The average Bonchev–Trinajstić information content (AvgIpc) is 3.23. The molecular formula is C25H23ClFN7O2. The van der Waals surface area contributed by atoms with Crippen molar-refractivity contribution >= 4 is 40.3 Å². The maximum absolute atomic E-state index is 13.5. The molecule has 5 rings (SSSR count). The first-order valence-corrected chi connectivity index (χ1v) is 11.8. The summed E-state index contributed by atoms with van der Waals surface area (Å²) in [7, 11) is 0. The number of rotatable bonds is 5. The highest BCUT2D eigenvalue weighted by Gasteiger charge is 2.21. The molecule has 1 aliphatic heterocycles. The summed E-state index contributed by atoms with van der Waals surface area (Å²) in [4.78, 5) is 44.3. The van der Waals surface area contributed by atoms with E-state index in [0.29, 0.717) is 65.0 Å². The lowest BCUT2D eigenvalue weighted by Crippen LogP contribution is -2.49. The molecule has 0 atom stereocenters. The van der Waals surface area contributed by atoms with Gasteiger partial charge in [0, 0.05) is 51.1 Å². The molecular weight excluding hydrogens is 485 g/mol. The highest BCUT2D eigenvalue weighted by atomic mass is 35.5. The summed E-state index contributed by atoms with van der Waals surface area (Å²) in [6.07, 6.45) is 4.30. The molecule has 1 aliphatic rings. The third kappa shape index (κ3) is 5.05. The number of hydrogen-bond donors (Lipinski definition) is 2. The molecule has 2 N–H and O–H groups in total. The van der Waals surface area contributed by atoms with E-state index in [1.807, 2.05) is 4.90 Å². The Morgan fingerprint density at radius 3 is 2.61 bits per heavy atom. The molecule has 184 valence electrons. The number of fused-ring (bicyclic) bond motifs is 1. The largest absolute Gasteiger partial charge is 0.353 e. The number of piperazine rings is 1. The van der Waals surface area contributed by atoms with Crippen LogP contribution in [0.25, 0.3) is 33.5 Å². The topological polar surface area (TPSA) is 107 Å². The van der Waals surface area contributed by atoms with Gasteiger partial charge in [0.1, 0.15) is 11.6 Å². The van der Waals surface area contributed by atoms with Crippen LogP contribution in [0.5, 0.6) is 0 Å². The quantitative estimate of drug-likeness (QED) is 0.427. The lowest BCUT2D eigenvalue weighted by atomic mass is 10.0. The summed E-state index contributed by atoms with van der Waals surface area (Å²) in [6.45, 7) is 4.25. The van der Waals surface area contributed by atoms with Crippen LogP contribution in [0.3, 0.4) is 0 Å². The second-order valence-corrected chi connectivity index (χ2v) is 8.98. The van der Waals surface area contributed by atoms with Gasteiger partial charge in [0.2, 0.25) is 11.8 Å². The van der Waals surface area contributed by atoms with E-state index in [4.69, 9.17) is 11.6 Å². The maximum Gasteiger partial charge on any atom is 0.239 e. The van der Waals surface area contributed by atoms with E-state index < -0.39 is 5.82 Å². The second-order valence-electron chi connectivity index (χ2n) is 8.55. The first-order chi connectivity index (χ1) is 17.4. The number of amides is 2. The van der Waals surface area contributed by atoms with Gasteiger partial charge in [0.25, 0.3) is 0 Å². The number of nitrogens with one attached hydrogen (secondary N) is 2. The lowest BCUT2D eigenvalue weighted by molar-refractivity contribution is -0.130. The van der Waals surface area contributed by atoms with Crippen LogP contribution >= 0.6 is 11.6 Å². The number of hydrogen-bond acceptors (Lipinski definition) is 6. The SMILES string of the molecule is CC(=O)N1CCN(CC(=O)Nc2cc(-c3[nH]c4cc(Cl)cnc4c3-c3ccc(F)cn3)ccn2)CC1. The Morgan fingerprint density at radius 1 is 1.08 bits per heavy atom. The highest BCUT2D eigenvalue weighted by Crippen LogP contribution is 2.37. The fourth-order valence-electron chi connectivity index (χ4n) is 4.30. The zero-order valence-electron chi connectivity index (χ0n) is 19.5. The molecule has 4 aromatic rings. The number of H-pyrrole nitrogens is 1. The Labute approximate surface area is 211 Å². The number of carbonyl (C=O) groups excluding carboxylic acids is 2. The van der Waals surface area contributed by atoms with Crippen LogP contribution in [0.2, 0.25) is 5.02 Å². The van der Waals surface area contributed by atoms with Crippen LogP contribution in [0, 0.1) is 5.82 Å². The van der Waals surface area contributed by atoms with Crippen LogP contribution in [-0.4, -0.2) is 74.3 Å². The minimum Gasteiger partial charge on any atom is -0.353 e. The predicted octanol–water partition coefficient (Wildman–Crippen LogP) is 3.58. The van der Waals surface area contributed by atoms with E-state index in [1.165, 1.54) is 6.07 Å². The van der Waals surface area contributed by atoms with Crippen molar-refractivity contribution in [3.05, 3.63) is 59.8 Å². The molecule has 0 radical (unpaired) electrons. The number of nitrogens with zero attached hydrogens (tertiary/aromatic N) is 5. The van der Waals surface area contributed by atoms with E-state index in [9.17, 15) is 14.0 Å². The van der Waals surface area contributed by atoms with Crippen molar-refractivity contribution in [2.24, 2.45) is 0 Å². The van der Waals surface area contributed by atoms with Crippen molar-refractivity contribution in [2.45, 2.75) is 6.92 Å². The maximum atomic E-state index is 13.5. The minimum absolute atomic E-state index is 0.0461. The third-order valence-electron chi connectivity index (χ3n) is 6.09. The fraction of sp³-hybridized carbons (Fsp3) is 0.240. The Morgan fingerprint density at radius 2 is 1.89 bits per heavy atom. The van der Waals surface area contributed by atoms with Crippen LogP contribution in [-0.2, 0) is 9.59 Å². The number of aromatic amines is 1. The van der Waals surface area contributed by atoms with Crippen LogP contribution in [0.4, 0.5) is 10.2 Å². The second kappa shape index (κ2) is 10.00. The third-order valence-corrected chi connectivity index (χ3v) is 6.29. The zero-order chi connectivity index (χ0) is 25.2. The first-order valence-electron chi connectivity index (χ1n) is 11.4. The molecule has 0 unspecified atom stereocenters. The molecule has 1 fully saturated rings. The summed E-state index contributed by atoms with van der Waals surface area (Å²) in [6, 6.07) is 8.25. The van der Waals surface area contributed by atoms with Crippen molar-refractivity contribution in [1.29, 1.82) is 0 Å². The lowest BCUT2D eigenvalue weighted by Gasteiger charge is -2.33. The zero-order valence-corrected chi connectivity index (χ0v) is 20.2. The van der Waals surface area contributed by atoms with Gasteiger partial charge in [0.05, 0.1) is 45.7 Å². The van der Waals surface area contributed by atoms with Crippen molar-refractivity contribution in [3.63, 3.8) is 0 Å². The molecule has 11 heteroatoms. The highest BCUT2D eigenvalue weighted by molar-refractivity contribution is 6.31. The van der Waals surface area contributed by atoms with Gasteiger partial charge in [-0.1, -0.05) is 11.6 Å². The monoisotopic (exact) mass is 507 g/mol. The molecule has 5 heterocycles. The van der Waals surface area contributed by atoms with E-state index in [1.54, 1.807) is 48.5 Å². The Kier molecular flexibility index (Phi) is 6.62. The van der Waals surface area contributed by atoms with Crippen molar-refractivity contribution in [2.75, 3.05) is 38.0 Å². The molecule has 4 aromatic heterocycles. The van der Waals surface area contributed by atoms with E-state index in [-0.39, 0.29) is 18.4 Å². The van der Waals surface area contributed by atoms with E-state index in [0.717, 1.165) is 11.8 Å². The first kappa shape index (κ1) is 23.8. The summed E-state index contributed by atoms with van der Waals surface area (Å²) in [5.41, 5.74) is 4.00. The molecule has 0 bridgehead atoms. The van der Waals surface area contributed by atoms with Crippen molar-refractivity contribution in [1.82, 2.24) is 29.7 Å². The number of pyridine rings is 3. The molecule has 1 saturated heterocycles. The summed E-state index contributed by atoms with van der Waals surface area (Å²) >= 11 is 6.15. The summed E-state index contributed by atoms with van der Waals surface area (Å²) in [5.74, 6) is -0.193. The number of aromatic nitrogens is 4. The van der Waals surface area contributed by atoms with E-state index >= 15 is 0 Å². The summed E-state index contributed by atoms with van der Waals surface area (Å²) in [5, 5.41) is 3.33. The van der Waals surface area contributed by atoms with Gasteiger partial charge in [-0.25, -0.2) is 9.37 Å². The molecule has 36 heavy (non-hydrogen) atoms. The standard InChI is InChI=1S/C25H23ClFN7O2/c1-15(35)34-8-6-33(7-9-34)14-22(36)32-21-10-16(4-5-28-21)24-23(19-3-2-18(27)13-29-19)25-20(31-24)11-17(26)12-30-25/h2-5,10-13,31H,6-9,14H2,1H3,(H,28,32,36). The molecule has 0 spiro atoms. The Hall–Kier alpha value is -3.89. The Bertz CT molecular complexity index is 1430. The van der Waals surface area contributed by atoms with Crippen molar-refractivity contribution < 1.29 is 14.0 Å². The minimum atomic E-state index is -0.437. The van der Waals surface area contributed by atoms with Gasteiger partial charge in [-0.15, -0.1) is 0 Å². The summed E-state index contributed by atoms with van der Waals surface area (Å²) < 4.78 is 13.5. The van der Waals surface area contributed by atoms with Crippen LogP contribution < -0.4 is 5.32 Å². The van der Waals surface area contributed by atoms with Gasteiger partial charge in [-0.05, 0) is 30.3 Å². The smallest absolute Gasteiger partial charge is 0.239 e. The molecule has 0 saturated carbocycles. The normalized spacial score (nSPS) is 14.2. The predicted molar refractivity (Wildman–Crippen MR) is 135 cm³/mol. The van der Waals surface area contributed by atoms with Crippen LogP contribution in [0.15, 0.2) is 48.9 Å². The van der Waals surface area contributed by atoms with Gasteiger partial charge in [-0.3, -0.25) is 24.5 Å².